The maximum absolute atomic E-state index is 12.4. The number of hydrogen-bond donors (Lipinski definition) is 2. The quantitative estimate of drug-likeness (QED) is 0.853. The van der Waals surface area contributed by atoms with E-state index < -0.39 is 5.54 Å². The van der Waals surface area contributed by atoms with E-state index >= 15 is 0 Å². The first-order chi connectivity index (χ1) is 10.8. The minimum atomic E-state index is -0.420. The van der Waals surface area contributed by atoms with Crippen LogP contribution < -0.4 is 10.6 Å². The standard InChI is InChI=1S/C18H20N2O3/c1-18(2,3)20-17(22)15(12-14-10-7-11-23-14)19-16(21)13-8-5-4-6-9-13/h4-12H,1-3H3,(H,19,21)(H,20,22)/b15-12-. The first-order valence-electron chi connectivity index (χ1n) is 7.29. The molecule has 1 aromatic carbocycles. The summed E-state index contributed by atoms with van der Waals surface area (Å²) in [4.78, 5) is 24.7. The second kappa shape index (κ2) is 6.96. The van der Waals surface area contributed by atoms with Crippen LogP contribution in [0.25, 0.3) is 6.08 Å². The van der Waals surface area contributed by atoms with Gasteiger partial charge in [0.25, 0.3) is 11.8 Å². The van der Waals surface area contributed by atoms with Crippen molar-refractivity contribution in [2.75, 3.05) is 0 Å². The highest BCUT2D eigenvalue weighted by atomic mass is 16.3. The van der Waals surface area contributed by atoms with E-state index in [4.69, 9.17) is 4.42 Å². The number of furan rings is 1. The molecule has 2 N–H and O–H groups in total. The largest absolute Gasteiger partial charge is 0.465 e. The molecule has 1 aromatic heterocycles. The van der Waals surface area contributed by atoms with Gasteiger partial charge in [-0.05, 0) is 45.0 Å². The SMILES string of the molecule is CC(C)(C)NC(=O)/C(=C/c1ccco1)NC(=O)c1ccccc1. The van der Waals surface area contributed by atoms with Gasteiger partial charge in [-0.15, -0.1) is 0 Å². The fourth-order valence-corrected chi connectivity index (χ4v) is 1.87. The van der Waals surface area contributed by atoms with E-state index in [0.29, 0.717) is 11.3 Å². The average Bonchev–Trinajstić information content (AvgIpc) is 2.98. The van der Waals surface area contributed by atoms with Crippen molar-refractivity contribution in [3.8, 4) is 0 Å². The van der Waals surface area contributed by atoms with E-state index in [1.807, 2.05) is 26.8 Å². The fourth-order valence-electron chi connectivity index (χ4n) is 1.87. The molecule has 0 fully saturated rings. The summed E-state index contributed by atoms with van der Waals surface area (Å²) in [6.07, 6.45) is 3.01. The number of carbonyl (C=O) groups excluding carboxylic acids is 2. The van der Waals surface area contributed by atoms with Crippen LogP contribution in [0, 0.1) is 0 Å². The molecule has 0 unspecified atom stereocenters. The van der Waals surface area contributed by atoms with Crippen LogP contribution >= 0.6 is 0 Å². The second-order valence-corrected chi connectivity index (χ2v) is 6.10. The van der Waals surface area contributed by atoms with Crippen LogP contribution in [0.3, 0.4) is 0 Å². The summed E-state index contributed by atoms with van der Waals surface area (Å²) in [5.74, 6) is -0.247. The Morgan fingerprint density at radius 1 is 1.04 bits per heavy atom. The van der Waals surface area contributed by atoms with E-state index in [-0.39, 0.29) is 17.5 Å². The van der Waals surface area contributed by atoms with E-state index in [9.17, 15) is 9.59 Å². The van der Waals surface area contributed by atoms with Gasteiger partial charge in [0.15, 0.2) is 0 Å². The molecule has 5 heteroatoms. The number of hydrogen-bond acceptors (Lipinski definition) is 3. The first-order valence-corrected chi connectivity index (χ1v) is 7.29. The first kappa shape index (κ1) is 16.5. The molecule has 0 atom stereocenters. The Morgan fingerprint density at radius 2 is 1.74 bits per heavy atom. The molecular formula is C18H20N2O3. The lowest BCUT2D eigenvalue weighted by Crippen LogP contribution is -2.44. The highest BCUT2D eigenvalue weighted by molar-refractivity contribution is 6.05. The molecule has 120 valence electrons. The van der Waals surface area contributed by atoms with E-state index in [1.165, 1.54) is 12.3 Å². The van der Waals surface area contributed by atoms with Crippen molar-refractivity contribution in [2.45, 2.75) is 26.3 Å². The lowest BCUT2D eigenvalue weighted by atomic mass is 10.1. The number of carbonyl (C=O) groups is 2. The number of rotatable bonds is 4. The van der Waals surface area contributed by atoms with Gasteiger partial charge < -0.3 is 15.1 Å². The maximum Gasteiger partial charge on any atom is 0.268 e. The van der Waals surface area contributed by atoms with Gasteiger partial charge in [-0.25, -0.2) is 0 Å². The number of nitrogens with one attached hydrogen (secondary N) is 2. The van der Waals surface area contributed by atoms with E-state index in [2.05, 4.69) is 10.6 Å². The molecule has 0 aliphatic carbocycles. The summed E-state index contributed by atoms with van der Waals surface area (Å²) in [6, 6.07) is 12.1. The zero-order valence-corrected chi connectivity index (χ0v) is 13.4. The van der Waals surface area contributed by atoms with Crippen molar-refractivity contribution in [1.82, 2.24) is 10.6 Å². The minimum Gasteiger partial charge on any atom is -0.465 e. The van der Waals surface area contributed by atoms with Crippen molar-refractivity contribution in [1.29, 1.82) is 0 Å². The molecule has 0 spiro atoms. The Balaban J connectivity index is 2.24. The van der Waals surface area contributed by atoms with E-state index in [1.54, 1.807) is 36.4 Å². The molecule has 5 nitrogen and oxygen atoms in total. The molecule has 0 saturated carbocycles. The summed E-state index contributed by atoms with van der Waals surface area (Å²) in [6.45, 7) is 5.61. The third kappa shape index (κ3) is 5.14. The molecule has 0 saturated heterocycles. The molecule has 23 heavy (non-hydrogen) atoms. The molecule has 2 rings (SSSR count). The van der Waals surface area contributed by atoms with Crippen LogP contribution in [0.4, 0.5) is 0 Å². The zero-order chi connectivity index (χ0) is 16.9. The molecule has 1 heterocycles. The molecule has 2 aromatic rings. The Hall–Kier alpha value is -2.82. The van der Waals surface area contributed by atoms with Gasteiger partial charge >= 0.3 is 0 Å². The summed E-state index contributed by atoms with van der Waals surface area (Å²) in [7, 11) is 0. The molecule has 0 bridgehead atoms. The summed E-state index contributed by atoms with van der Waals surface area (Å²) < 4.78 is 5.22. The van der Waals surface area contributed by atoms with Crippen LogP contribution in [0.5, 0.6) is 0 Å². The van der Waals surface area contributed by atoms with Crippen LogP contribution in [-0.2, 0) is 4.79 Å². The second-order valence-electron chi connectivity index (χ2n) is 6.10. The topological polar surface area (TPSA) is 71.3 Å². The number of benzene rings is 1. The average molecular weight is 312 g/mol. The van der Waals surface area contributed by atoms with Crippen LogP contribution in [0.1, 0.15) is 36.9 Å². The lowest BCUT2D eigenvalue weighted by molar-refractivity contribution is -0.119. The van der Waals surface area contributed by atoms with Crippen LogP contribution in [0.15, 0.2) is 58.8 Å². The Bertz CT molecular complexity index is 696. The molecule has 2 amide bonds. The molecule has 0 radical (unpaired) electrons. The number of amides is 2. The van der Waals surface area contributed by atoms with Gasteiger partial charge in [0.05, 0.1) is 6.26 Å². The smallest absolute Gasteiger partial charge is 0.268 e. The Morgan fingerprint density at radius 3 is 2.30 bits per heavy atom. The minimum absolute atomic E-state index is 0.128. The van der Waals surface area contributed by atoms with Gasteiger partial charge in [0.2, 0.25) is 0 Å². The van der Waals surface area contributed by atoms with Crippen molar-refractivity contribution in [3.05, 3.63) is 65.7 Å². The van der Waals surface area contributed by atoms with Gasteiger partial charge in [-0.3, -0.25) is 9.59 Å². The van der Waals surface area contributed by atoms with Crippen molar-refractivity contribution < 1.29 is 14.0 Å². The molecule has 0 aliphatic rings. The highest BCUT2D eigenvalue weighted by Gasteiger charge is 2.20. The predicted octanol–water partition coefficient (Wildman–Crippen LogP) is 2.97. The van der Waals surface area contributed by atoms with Gasteiger partial charge in [-0.2, -0.15) is 0 Å². The van der Waals surface area contributed by atoms with Crippen molar-refractivity contribution in [2.24, 2.45) is 0 Å². The normalized spacial score (nSPS) is 11.9. The van der Waals surface area contributed by atoms with E-state index in [0.717, 1.165) is 0 Å². The van der Waals surface area contributed by atoms with Crippen molar-refractivity contribution >= 4 is 17.9 Å². The fraction of sp³-hybridized carbons (Fsp3) is 0.222. The third-order valence-corrected chi connectivity index (χ3v) is 2.85. The summed E-state index contributed by atoms with van der Waals surface area (Å²) in [5.41, 5.74) is 0.182. The van der Waals surface area contributed by atoms with Gasteiger partial charge in [0, 0.05) is 17.2 Å². The zero-order valence-electron chi connectivity index (χ0n) is 13.4. The molecular weight excluding hydrogens is 292 g/mol. The third-order valence-electron chi connectivity index (χ3n) is 2.85. The van der Waals surface area contributed by atoms with Gasteiger partial charge in [-0.1, -0.05) is 18.2 Å². The van der Waals surface area contributed by atoms with Gasteiger partial charge in [0.1, 0.15) is 11.5 Å². The summed E-state index contributed by atoms with van der Waals surface area (Å²) >= 11 is 0. The Kier molecular flexibility index (Phi) is 5.01. The Labute approximate surface area is 135 Å². The predicted molar refractivity (Wildman–Crippen MR) is 88.5 cm³/mol. The van der Waals surface area contributed by atoms with Crippen LogP contribution in [-0.4, -0.2) is 17.4 Å². The summed E-state index contributed by atoms with van der Waals surface area (Å²) in [5, 5.41) is 5.47. The highest BCUT2D eigenvalue weighted by Crippen LogP contribution is 2.09. The van der Waals surface area contributed by atoms with Crippen molar-refractivity contribution in [3.63, 3.8) is 0 Å². The van der Waals surface area contributed by atoms with Crippen LogP contribution in [0.2, 0.25) is 0 Å². The monoisotopic (exact) mass is 312 g/mol. The lowest BCUT2D eigenvalue weighted by Gasteiger charge is -2.21. The molecule has 0 aliphatic heterocycles. The maximum atomic E-state index is 12.4.